The molecule has 3 heterocycles. The molecule has 128 valence electrons. The van der Waals surface area contributed by atoms with Gasteiger partial charge in [-0.3, -0.25) is 9.78 Å². The molecule has 0 aliphatic carbocycles. The van der Waals surface area contributed by atoms with Gasteiger partial charge in [0.05, 0.1) is 17.2 Å². The van der Waals surface area contributed by atoms with E-state index in [9.17, 15) is 9.59 Å². The number of carbonyl (C=O) groups is 1. The molecule has 0 bridgehead atoms. The predicted molar refractivity (Wildman–Crippen MR) is 94.4 cm³/mol. The number of hydrogen-bond donors (Lipinski definition) is 0. The van der Waals surface area contributed by atoms with Gasteiger partial charge in [-0.2, -0.15) is 0 Å². The molecule has 0 atom stereocenters. The minimum Gasteiger partial charge on any atom is -0.461 e. The Morgan fingerprint density at radius 2 is 2.04 bits per heavy atom. The fraction of sp³-hybridized carbons (Fsp3) is 0. The number of pyridine rings is 1. The van der Waals surface area contributed by atoms with Gasteiger partial charge in [0.1, 0.15) is 5.58 Å². The van der Waals surface area contributed by atoms with E-state index >= 15 is 0 Å². The lowest BCUT2D eigenvalue weighted by Crippen LogP contribution is -2.16. The lowest BCUT2D eigenvalue weighted by Gasteiger charge is -2.09. The quantitative estimate of drug-likeness (QED) is 0.501. The number of esters is 1. The van der Waals surface area contributed by atoms with Gasteiger partial charge in [-0.1, -0.05) is 11.6 Å². The molecular formula is C19H10ClNO5. The summed E-state index contributed by atoms with van der Waals surface area (Å²) in [4.78, 5) is 29.2. The van der Waals surface area contributed by atoms with Crippen molar-refractivity contribution in [3.8, 4) is 17.3 Å². The van der Waals surface area contributed by atoms with E-state index in [0.29, 0.717) is 10.6 Å². The van der Waals surface area contributed by atoms with E-state index in [-0.39, 0.29) is 28.2 Å². The van der Waals surface area contributed by atoms with Gasteiger partial charge < -0.3 is 13.6 Å². The summed E-state index contributed by atoms with van der Waals surface area (Å²) in [5.41, 5.74) is -0.0344. The monoisotopic (exact) mass is 367 g/mol. The summed E-state index contributed by atoms with van der Waals surface area (Å²) in [5, 5.41) is 0.557. The molecule has 3 aromatic heterocycles. The second-order valence-corrected chi connectivity index (χ2v) is 5.77. The van der Waals surface area contributed by atoms with Crippen LogP contribution in [0, 0.1) is 0 Å². The summed E-state index contributed by atoms with van der Waals surface area (Å²) in [6, 6.07) is 11.0. The highest BCUT2D eigenvalue weighted by Crippen LogP contribution is 2.32. The maximum Gasteiger partial charge on any atom is 0.345 e. The van der Waals surface area contributed by atoms with Crippen LogP contribution in [0.3, 0.4) is 0 Å². The molecule has 0 saturated heterocycles. The zero-order chi connectivity index (χ0) is 18.1. The Kier molecular flexibility index (Phi) is 4.02. The van der Waals surface area contributed by atoms with Crippen molar-refractivity contribution in [3.63, 3.8) is 0 Å². The topological polar surface area (TPSA) is 82.5 Å². The average molecular weight is 368 g/mol. The van der Waals surface area contributed by atoms with Gasteiger partial charge in [-0.15, -0.1) is 0 Å². The lowest BCUT2D eigenvalue weighted by molar-refractivity contribution is 0.0730. The number of benzene rings is 1. The molecule has 4 aromatic rings. The zero-order valence-corrected chi connectivity index (χ0v) is 13.9. The predicted octanol–water partition coefficient (Wildman–Crippen LogP) is 4.32. The van der Waals surface area contributed by atoms with Crippen LogP contribution in [0.4, 0.5) is 0 Å². The average Bonchev–Trinajstić information content (AvgIpc) is 3.19. The molecular weight excluding hydrogens is 358 g/mol. The van der Waals surface area contributed by atoms with Gasteiger partial charge in [0.25, 0.3) is 0 Å². The molecule has 0 unspecified atom stereocenters. The Morgan fingerprint density at radius 3 is 2.77 bits per heavy atom. The van der Waals surface area contributed by atoms with Gasteiger partial charge in [0.2, 0.25) is 16.9 Å². The van der Waals surface area contributed by atoms with E-state index in [4.69, 9.17) is 25.2 Å². The molecule has 0 aliphatic rings. The molecule has 0 saturated carbocycles. The second kappa shape index (κ2) is 6.50. The van der Waals surface area contributed by atoms with Crippen LogP contribution in [0.2, 0.25) is 5.02 Å². The number of carbonyl (C=O) groups excluding carboxylic acids is 1. The Hall–Kier alpha value is -3.38. The molecule has 7 heteroatoms. The van der Waals surface area contributed by atoms with Crippen LogP contribution in [0.25, 0.3) is 22.5 Å². The number of fused-ring (bicyclic) bond motifs is 1. The normalized spacial score (nSPS) is 10.8. The molecule has 26 heavy (non-hydrogen) atoms. The number of furan rings is 1. The van der Waals surface area contributed by atoms with Gasteiger partial charge in [-0.25, -0.2) is 4.79 Å². The van der Waals surface area contributed by atoms with Gasteiger partial charge >= 0.3 is 5.97 Å². The third-order valence-corrected chi connectivity index (χ3v) is 3.88. The van der Waals surface area contributed by atoms with Crippen molar-refractivity contribution in [1.29, 1.82) is 0 Å². The largest absolute Gasteiger partial charge is 0.461 e. The summed E-state index contributed by atoms with van der Waals surface area (Å²) in [6.07, 6.45) is 4.29. The maximum absolute atomic E-state index is 12.9. The van der Waals surface area contributed by atoms with Crippen LogP contribution in [0.5, 0.6) is 5.75 Å². The highest BCUT2D eigenvalue weighted by molar-refractivity contribution is 6.31. The standard InChI is InChI=1S/C19H10ClNO5/c20-12-5-6-14-13(9-12)16(22)18(17(25-14)15-4-2-8-24-15)26-19(23)11-3-1-7-21-10-11/h1-10H. The third-order valence-electron chi connectivity index (χ3n) is 3.65. The van der Waals surface area contributed by atoms with Crippen molar-refractivity contribution in [2.45, 2.75) is 0 Å². The Labute approximate surface area is 151 Å². The first-order valence-electron chi connectivity index (χ1n) is 7.56. The van der Waals surface area contributed by atoms with Crippen molar-refractivity contribution in [2.75, 3.05) is 0 Å². The van der Waals surface area contributed by atoms with Crippen LogP contribution in [0.15, 0.2) is 74.8 Å². The maximum atomic E-state index is 12.9. The number of rotatable bonds is 3. The second-order valence-electron chi connectivity index (χ2n) is 5.34. The summed E-state index contributed by atoms with van der Waals surface area (Å²) < 4.78 is 16.4. The van der Waals surface area contributed by atoms with Crippen LogP contribution in [0.1, 0.15) is 10.4 Å². The Morgan fingerprint density at radius 1 is 1.15 bits per heavy atom. The summed E-state index contributed by atoms with van der Waals surface area (Å²) >= 11 is 5.97. The minimum absolute atomic E-state index is 0.0204. The number of nitrogens with zero attached hydrogens (tertiary/aromatic N) is 1. The van der Waals surface area contributed by atoms with E-state index in [2.05, 4.69) is 4.98 Å². The molecule has 0 fully saturated rings. The highest BCUT2D eigenvalue weighted by Gasteiger charge is 2.23. The molecule has 0 amide bonds. The third kappa shape index (κ3) is 2.87. The Bertz CT molecular complexity index is 1150. The number of aromatic nitrogens is 1. The van der Waals surface area contributed by atoms with Crippen molar-refractivity contribution < 1.29 is 18.4 Å². The molecule has 1 aromatic carbocycles. The van der Waals surface area contributed by atoms with Crippen LogP contribution >= 0.6 is 11.6 Å². The molecule has 0 aliphatic heterocycles. The first kappa shape index (κ1) is 16.1. The van der Waals surface area contributed by atoms with Crippen LogP contribution in [-0.4, -0.2) is 11.0 Å². The van der Waals surface area contributed by atoms with E-state index < -0.39 is 11.4 Å². The van der Waals surface area contributed by atoms with Crippen molar-refractivity contribution in [3.05, 3.63) is 81.9 Å². The fourth-order valence-corrected chi connectivity index (χ4v) is 2.62. The number of hydrogen-bond acceptors (Lipinski definition) is 6. The number of halogens is 1. The molecule has 0 radical (unpaired) electrons. The van der Waals surface area contributed by atoms with Gasteiger partial charge in [0, 0.05) is 17.4 Å². The molecule has 0 N–H and O–H groups in total. The van der Waals surface area contributed by atoms with E-state index in [1.807, 2.05) is 0 Å². The SMILES string of the molecule is O=C(Oc1c(-c2ccco2)oc2ccc(Cl)cc2c1=O)c1cccnc1. The zero-order valence-electron chi connectivity index (χ0n) is 13.1. The van der Waals surface area contributed by atoms with Crippen LogP contribution in [-0.2, 0) is 0 Å². The smallest absolute Gasteiger partial charge is 0.345 e. The van der Waals surface area contributed by atoms with Crippen LogP contribution < -0.4 is 10.2 Å². The van der Waals surface area contributed by atoms with Crippen molar-refractivity contribution in [2.24, 2.45) is 0 Å². The fourth-order valence-electron chi connectivity index (χ4n) is 2.45. The Balaban J connectivity index is 1.91. The highest BCUT2D eigenvalue weighted by atomic mass is 35.5. The summed E-state index contributed by atoms with van der Waals surface area (Å²) in [5.74, 6) is -0.733. The van der Waals surface area contributed by atoms with E-state index in [1.165, 1.54) is 30.8 Å². The molecule has 4 rings (SSSR count). The van der Waals surface area contributed by atoms with Crippen molar-refractivity contribution >= 4 is 28.5 Å². The molecule has 6 nitrogen and oxygen atoms in total. The first-order chi connectivity index (χ1) is 12.6. The van der Waals surface area contributed by atoms with Gasteiger partial charge in [0.15, 0.2) is 5.76 Å². The van der Waals surface area contributed by atoms with Gasteiger partial charge in [-0.05, 0) is 42.5 Å². The van der Waals surface area contributed by atoms with Crippen molar-refractivity contribution in [1.82, 2.24) is 4.98 Å². The van der Waals surface area contributed by atoms with E-state index in [1.54, 1.807) is 30.3 Å². The lowest BCUT2D eigenvalue weighted by atomic mass is 10.2. The minimum atomic E-state index is -0.736. The summed E-state index contributed by atoms with van der Waals surface area (Å²) in [7, 11) is 0. The molecule has 0 spiro atoms. The summed E-state index contributed by atoms with van der Waals surface area (Å²) in [6.45, 7) is 0. The number of ether oxygens (including phenoxy) is 1. The first-order valence-corrected chi connectivity index (χ1v) is 7.94. The van der Waals surface area contributed by atoms with E-state index in [0.717, 1.165) is 0 Å².